The highest BCUT2D eigenvalue weighted by Gasteiger charge is 2.15. The molecular weight excluding hydrogens is 303 g/mol. The zero-order valence-corrected chi connectivity index (χ0v) is 12.8. The summed E-state index contributed by atoms with van der Waals surface area (Å²) in [5.41, 5.74) is 6.04. The normalized spacial score (nSPS) is 10.2. The Bertz CT molecular complexity index is 519. The first kappa shape index (κ1) is 16.6. The number of nitrogens with zero attached hydrogens (tertiary/aromatic N) is 1. The molecule has 0 radical (unpaired) electrons. The van der Waals surface area contributed by atoms with Gasteiger partial charge in [-0.3, -0.25) is 4.79 Å². The van der Waals surface area contributed by atoms with E-state index in [9.17, 15) is 9.59 Å². The Morgan fingerprint density at radius 3 is 2.55 bits per heavy atom. The van der Waals surface area contributed by atoms with Crippen LogP contribution in [0.1, 0.15) is 23.2 Å². The van der Waals surface area contributed by atoms with Gasteiger partial charge < -0.3 is 15.4 Å². The first-order valence-electron chi connectivity index (χ1n) is 5.94. The first-order chi connectivity index (χ1) is 9.32. The van der Waals surface area contributed by atoms with Gasteiger partial charge in [0, 0.05) is 26.2 Å². The maximum absolute atomic E-state index is 11.8. The average molecular weight is 319 g/mol. The number of nitrogens with two attached hydrogens (primary N) is 1. The number of halogens is 2. The van der Waals surface area contributed by atoms with Crippen LogP contribution >= 0.6 is 23.2 Å². The summed E-state index contributed by atoms with van der Waals surface area (Å²) in [6.07, 6.45) is 0.752. The van der Waals surface area contributed by atoms with Gasteiger partial charge >= 0.3 is 5.97 Å². The third-order valence-corrected chi connectivity index (χ3v) is 3.34. The van der Waals surface area contributed by atoms with E-state index in [1.807, 2.05) is 0 Å². The average Bonchev–Trinajstić information content (AvgIpc) is 2.38. The predicted octanol–water partition coefficient (Wildman–Crippen LogP) is 2.60. The van der Waals surface area contributed by atoms with E-state index in [4.69, 9.17) is 33.7 Å². The summed E-state index contributed by atoms with van der Waals surface area (Å²) >= 11 is 11.7. The largest absolute Gasteiger partial charge is 0.462 e. The Kier molecular flexibility index (Phi) is 6.10. The van der Waals surface area contributed by atoms with Gasteiger partial charge in [-0.2, -0.15) is 0 Å². The Labute approximate surface area is 127 Å². The van der Waals surface area contributed by atoms with Crippen LogP contribution in [-0.4, -0.2) is 37.5 Å². The zero-order chi connectivity index (χ0) is 15.3. The molecule has 1 aromatic carbocycles. The number of rotatable bonds is 5. The van der Waals surface area contributed by atoms with Gasteiger partial charge in [0.15, 0.2) is 0 Å². The second-order valence-corrected chi connectivity index (χ2v) is 5.18. The number of esters is 1. The van der Waals surface area contributed by atoms with Crippen molar-refractivity contribution in [3.8, 4) is 0 Å². The van der Waals surface area contributed by atoms with Crippen molar-refractivity contribution in [3.63, 3.8) is 0 Å². The zero-order valence-electron chi connectivity index (χ0n) is 11.3. The highest BCUT2D eigenvalue weighted by atomic mass is 35.5. The Hall–Kier alpha value is -1.46. The van der Waals surface area contributed by atoms with Crippen molar-refractivity contribution in [1.82, 2.24) is 4.90 Å². The third kappa shape index (κ3) is 4.58. The summed E-state index contributed by atoms with van der Waals surface area (Å²) in [4.78, 5) is 24.6. The minimum atomic E-state index is -0.610. The van der Waals surface area contributed by atoms with E-state index >= 15 is 0 Å². The van der Waals surface area contributed by atoms with E-state index < -0.39 is 5.97 Å². The quantitative estimate of drug-likeness (QED) is 0.514. The van der Waals surface area contributed by atoms with Gasteiger partial charge in [0.2, 0.25) is 5.91 Å². The summed E-state index contributed by atoms with van der Waals surface area (Å²) in [5, 5.41) is 0.302. The molecule has 0 fully saturated rings. The molecule has 0 unspecified atom stereocenters. The molecule has 2 N–H and O–H groups in total. The van der Waals surface area contributed by atoms with Crippen molar-refractivity contribution < 1.29 is 14.3 Å². The first-order valence-corrected chi connectivity index (χ1v) is 6.70. The summed E-state index contributed by atoms with van der Waals surface area (Å²) in [7, 11) is 3.34. The van der Waals surface area contributed by atoms with Gasteiger partial charge in [0.1, 0.15) is 0 Å². The summed E-state index contributed by atoms with van der Waals surface area (Å²) < 4.78 is 5.04. The fraction of sp³-hybridized carbons (Fsp3) is 0.385. The third-order valence-electron chi connectivity index (χ3n) is 2.54. The van der Waals surface area contributed by atoms with Crippen LogP contribution in [0.3, 0.4) is 0 Å². The Balaban J connectivity index is 2.54. The Morgan fingerprint density at radius 2 is 1.95 bits per heavy atom. The van der Waals surface area contributed by atoms with E-state index in [0.29, 0.717) is 18.5 Å². The molecule has 1 rings (SSSR count). The predicted molar refractivity (Wildman–Crippen MR) is 79.1 cm³/mol. The lowest BCUT2D eigenvalue weighted by Gasteiger charge is -2.10. The number of ether oxygens (including phenoxy) is 1. The molecule has 110 valence electrons. The van der Waals surface area contributed by atoms with Gasteiger partial charge in [-0.05, 0) is 18.6 Å². The molecule has 0 aliphatic carbocycles. The molecule has 1 amide bonds. The summed E-state index contributed by atoms with van der Waals surface area (Å²) in [6.45, 7) is 0.126. The van der Waals surface area contributed by atoms with E-state index in [1.54, 1.807) is 14.1 Å². The van der Waals surface area contributed by atoms with Crippen LogP contribution in [0, 0.1) is 0 Å². The number of amides is 1. The van der Waals surface area contributed by atoms with Crippen molar-refractivity contribution in [2.75, 3.05) is 26.4 Å². The number of hydrogen-bond acceptors (Lipinski definition) is 4. The van der Waals surface area contributed by atoms with Gasteiger partial charge in [0.25, 0.3) is 0 Å². The molecule has 1 aromatic rings. The number of carbonyl (C=O) groups excluding carboxylic acids is 2. The van der Waals surface area contributed by atoms with Crippen LogP contribution in [0.25, 0.3) is 0 Å². The van der Waals surface area contributed by atoms with Gasteiger partial charge in [0.05, 0.1) is 22.2 Å². The van der Waals surface area contributed by atoms with Crippen molar-refractivity contribution in [1.29, 1.82) is 0 Å². The van der Waals surface area contributed by atoms with Crippen molar-refractivity contribution in [2.45, 2.75) is 12.8 Å². The molecular formula is C13H16Cl2N2O3. The molecule has 0 bridgehead atoms. The van der Waals surface area contributed by atoms with Crippen molar-refractivity contribution in [2.24, 2.45) is 0 Å². The SMILES string of the molecule is CN(C)C(=O)CCCOC(=O)c1cc(N)cc(Cl)c1Cl. The molecule has 0 aromatic heterocycles. The monoisotopic (exact) mass is 318 g/mol. The van der Waals surface area contributed by atoms with Crippen LogP contribution in [0.15, 0.2) is 12.1 Å². The van der Waals surface area contributed by atoms with E-state index in [-0.39, 0.29) is 28.1 Å². The van der Waals surface area contributed by atoms with Crippen molar-refractivity contribution in [3.05, 3.63) is 27.7 Å². The number of benzene rings is 1. The molecule has 0 saturated heterocycles. The van der Waals surface area contributed by atoms with Gasteiger partial charge in [-0.1, -0.05) is 23.2 Å². The lowest BCUT2D eigenvalue weighted by Crippen LogP contribution is -2.21. The smallest absolute Gasteiger partial charge is 0.339 e. The van der Waals surface area contributed by atoms with Gasteiger partial charge in [-0.15, -0.1) is 0 Å². The number of carbonyl (C=O) groups is 2. The summed E-state index contributed by atoms with van der Waals surface area (Å²) in [6, 6.07) is 2.86. The molecule has 0 heterocycles. The number of nitrogen functional groups attached to an aromatic ring is 1. The lowest BCUT2D eigenvalue weighted by atomic mass is 10.2. The second kappa shape index (κ2) is 7.36. The molecule has 0 spiro atoms. The molecule has 0 saturated carbocycles. The van der Waals surface area contributed by atoms with Crippen molar-refractivity contribution >= 4 is 40.8 Å². The number of anilines is 1. The van der Waals surface area contributed by atoms with Crippen LogP contribution in [0.4, 0.5) is 5.69 Å². The minimum Gasteiger partial charge on any atom is -0.462 e. The van der Waals surface area contributed by atoms with Crippen LogP contribution < -0.4 is 5.73 Å². The maximum Gasteiger partial charge on any atom is 0.339 e. The maximum atomic E-state index is 11.8. The van der Waals surface area contributed by atoms with Crippen LogP contribution in [0.5, 0.6) is 0 Å². The van der Waals surface area contributed by atoms with E-state index in [0.717, 1.165) is 0 Å². The fourth-order valence-electron chi connectivity index (χ4n) is 1.45. The summed E-state index contributed by atoms with van der Waals surface area (Å²) in [5.74, 6) is -0.632. The topological polar surface area (TPSA) is 72.6 Å². The molecule has 0 atom stereocenters. The van der Waals surface area contributed by atoms with Crippen LogP contribution in [0.2, 0.25) is 10.0 Å². The molecule has 20 heavy (non-hydrogen) atoms. The molecule has 0 aliphatic rings. The molecule has 0 aliphatic heterocycles. The highest BCUT2D eigenvalue weighted by Crippen LogP contribution is 2.29. The van der Waals surface area contributed by atoms with Gasteiger partial charge in [-0.25, -0.2) is 4.79 Å². The minimum absolute atomic E-state index is 0.0221. The van der Waals surface area contributed by atoms with E-state index in [1.165, 1.54) is 17.0 Å². The second-order valence-electron chi connectivity index (χ2n) is 4.39. The molecule has 7 heteroatoms. The van der Waals surface area contributed by atoms with E-state index in [2.05, 4.69) is 0 Å². The molecule has 5 nitrogen and oxygen atoms in total. The Morgan fingerprint density at radius 1 is 1.30 bits per heavy atom. The van der Waals surface area contributed by atoms with Crippen LogP contribution in [-0.2, 0) is 9.53 Å². The lowest BCUT2D eigenvalue weighted by molar-refractivity contribution is -0.128. The number of hydrogen-bond donors (Lipinski definition) is 1. The fourth-order valence-corrected chi connectivity index (χ4v) is 1.86. The standard InChI is InChI=1S/C13H16Cl2N2O3/c1-17(2)11(18)4-3-5-20-13(19)9-6-8(16)7-10(14)12(9)15/h6-7H,3-5,16H2,1-2H3. The highest BCUT2D eigenvalue weighted by molar-refractivity contribution is 6.44.